The fourth-order valence-corrected chi connectivity index (χ4v) is 2.25. The topological polar surface area (TPSA) is 89.9 Å². The molecule has 2 rings (SSSR count). The lowest BCUT2D eigenvalue weighted by Crippen LogP contribution is -2.54. The van der Waals surface area contributed by atoms with E-state index in [1.165, 1.54) is 11.8 Å². The van der Waals surface area contributed by atoms with Gasteiger partial charge in [-0.1, -0.05) is 30.3 Å². The molecule has 2 amide bonds. The summed E-state index contributed by atoms with van der Waals surface area (Å²) in [5.41, 5.74) is -0.994. The Bertz CT molecular complexity index is 516. The van der Waals surface area contributed by atoms with Crippen LogP contribution in [0, 0.1) is 0 Å². The molecule has 3 N–H and O–H groups in total. The molecule has 0 heterocycles. The maximum absolute atomic E-state index is 12.3. The fourth-order valence-electron chi connectivity index (χ4n) is 2.25. The molecule has 1 aromatic rings. The van der Waals surface area contributed by atoms with Crippen molar-refractivity contribution in [1.29, 1.82) is 0 Å². The highest BCUT2D eigenvalue weighted by Gasteiger charge is 2.40. The summed E-state index contributed by atoms with van der Waals surface area (Å²) in [6.07, 6.45) is 1.78. The van der Waals surface area contributed by atoms with Crippen LogP contribution in [0.4, 0.5) is 4.79 Å². The van der Waals surface area contributed by atoms with Crippen LogP contribution in [0.5, 0.6) is 0 Å². The normalized spacial score (nSPS) is 16.9. The standard InChI is InChI=1S/C15H20N2O4/c1-15(13(19)20,11-5-3-2-4-6-11)16-14(21)17(9-10-18)12-7-8-12/h2-6,12,18H,7-10H2,1H3,(H,16,21)(H,19,20). The number of aliphatic carboxylic acids is 1. The van der Waals surface area contributed by atoms with Crippen molar-refractivity contribution in [3.05, 3.63) is 35.9 Å². The first-order valence-corrected chi connectivity index (χ1v) is 6.97. The predicted molar refractivity (Wildman–Crippen MR) is 76.8 cm³/mol. The summed E-state index contributed by atoms with van der Waals surface area (Å²) in [5.74, 6) is -1.12. The Morgan fingerprint density at radius 1 is 1.33 bits per heavy atom. The van der Waals surface area contributed by atoms with Gasteiger partial charge >= 0.3 is 12.0 Å². The Hall–Kier alpha value is -2.08. The van der Waals surface area contributed by atoms with Crippen LogP contribution in [0.3, 0.4) is 0 Å². The molecule has 6 nitrogen and oxygen atoms in total. The van der Waals surface area contributed by atoms with Gasteiger partial charge in [0.15, 0.2) is 5.54 Å². The molecular formula is C15H20N2O4. The molecule has 1 saturated carbocycles. The quantitative estimate of drug-likeness (QED) is 0.733. The van der Waals surface area contributed by atoms with Crippen LogP contribution >= 0.6 is 0 Å². The average molecular weight is 292 g/mol. The molecule has 1 aliphatic rings. The highest BCUT2D eigenvalue weighted by Crippen LogP contribution is 2.28. The second-order valence-corrected chi connectivity index (χ2v) is 5.37. The zero-order valence-corrected chi connectivity index (χ0v) is 12.0. The Labute approximate surface area is 123 Å². The maximum Gasteiger partial charge on any atom is 0.333 e. The zero-order chi connectivity index (χ0) is 15.5. The molecule has 0 saturated heterocycles. The molecule has 6 heteroatoms. The highest BCUT2D eigenvalue weighted by molar-refractivity contribution is 5.87. The second kappa shape index (κ2) is 6.13. The van der Waals surface area contributed by atoms with Gasteiger partial charge in [-0.3, -0.25) is 0 Å². The van der Waals surface area contributed by atoms with Crippen molar-refractivity contribution in [1.82, 2.24) is 10.2 Å². The molecule has 21 heavy (non-hydrogen) atoms. The Morgan fingerprint density at radius 3 is 2.43 bits per heavy atom. The van der Waals surface area contributed by atoms with Gasteiger partial charge in [0.25, 0.3) is 0 Å². The molecule has 0 bridgehead atoms. The number of carbonyl (C=O) groups excluding carboxylic acids is 1. The number of benzene rings is 1. The number of amides is 2. The first kappa shape index (κ1) is 15.3. The van der Waals surface area contributed by atoms with E-state index in [-0.39, 0.29) is 19.2 Å². The summed E-state index contributed by atoms with van der Waals surface area (Å²) < 4.78 is 0. The third kappa shape index (κ3) is 3.33. The van der Waals surface area contributed by atoms with E-state index in [4.69, 9.17) is 5.11 Å². The number of hydrogen-bond donors (Lipinski definition) is 3. The predicted octanol–water partition coefficient (Wildman–Crippen LogP) is 1.15. The number of aliphatic hydroxyl groups excluding tert-OH is 1. The largest absolute Gasteiger partial charge is 0.479 e. The lowest BCUT2D eigenvalue weighted by molar-refractivity contribution is -0.144. The van der Waals surface area contributed by atoms with Crippen molar-refractivity contribution in [3.8, 4) is 0 Å². The number of rotatable bonds is 6. The van der Waals surface area contributed by atoms with Gasteiger partial charge in [-0.25, -0.2) is 9.59 Å². The van der Waals surface area contributed by atoms with Crippen LogP contribution in [0.1, 0.15) is 25.3 Å². The number of carboxylic acid groups (broad SMARTS) is 1. The van der Waals surface area contributed by atoms with E-state index in [9.17, 15) is 14.7 Å². The zero-order valence-electron chi connectivity index (χ0n) is 12.0. The number of nitrogens with zero attached hydrogens (tertiary/aromatic N) is 1. The minimum atomic E-state index is -1.50. The van der Waals surface area contributed by atoms with Crippen molar-refractivity contribution in [2.24, 2.45) is 0 Å². The SMILES string of the molecule is CC(NC(=O)N(CCO)C1CC1)(C(=O)O)c1ccccc1. The molecule has 0 spiro atoms. The van der Waals surface area contributed by atoms with Gasteiger partial charge in [0, 0.05) is 12.6 Å². The summed E-state index contributed by atoms with van der Waals surface area (Å²) in [6.45, 7) is 1.53. The summed E-state index contributed by atoms with van der Waals surface area (Å²) in [4.78, 5) is 25.5. The molecule has 0 radical (unpaired) electrons. The van der Waals surface area contributed by atoms with Gasteiger partial charge in [0.05, 0.1) is 6.61 Å². The molecule has 114 valence electrons. The third-order valence-corrected chi connectivity index (χ3v) is 3.73. The van der Waals surface area contributed by atoms with E-state index >= 15 is 0 Å². The lowest BCUT2D eigenvalue weighted by atomic mass is 9.92. The monoisotopic (exact) mass is 292 g/mol. The molecular weight excluding hydrogens is 272 g/mol. The third-order valence-electron chi connectivity index (χ3n) is 3.73. The number of aliphatic hydroxyl groups is 1. The van der Waals surface area contributed by atoms with Gasteiger partial charge in [-0.2, -0.15) is 0 Å². The van der Waals surface area contributed by atoms with Crippen molar-refractivity contribution in [3.63, 3.8) is 0 Å². The highest BCUT2D eigenvalue weighted by atomic mass is 16.4. The Balaban J connectivity index is 2.19. The van der Waals surface area contributed by atoms with E-state index < -0.39 is 17.5 Å². The Kier molecular flexibility index (Phi) is 4.47. The minimum absolute atomic E-state index is 0.103. The molecule has 1 unspecified atom stereocenters. The smallest absolute Gasteiger partial charge is 0.333 e. The lowest BCUT2D eigenvalue weighted by Gasteiger charge is -2.31. The number of hydrogen-bond acceptors (Lipinski definition) is 3. The summed E-state index contributed by atoms with van der Waals surface area (Å²) in [7, 11) is 0. The van der Waals surface area contributed by atoms with E-state index in [2.05, 4.69) is 5.32 Å². The Morgan fingerprint density at radius 2 is 1.95 bits per heavy atom. The van der Waals surface area contributed by atoms with E-state index in [0.717, 1.165) is 12.8 Å². The van der Waals surface area contributed by atoms with Crippen molar-refractivity contribution in [2.75, 3.05) is 13.2 Å². The summed E-state index contributed by atoms with van der Waals surface area (Å²) in [5, 5.41) is 21.2. The van der Waals surface area contributed by atoms with E-state index in [0.29, 0.717) is 5.56 Å². The summed E-state index contributed by atoms with van der Waals surface area (Å²) in [6, 6.07) is 8.23. The number of carboxylic acids is 1. The molecule has 1 fully saturated rings. The fraction of sp³-hybridized carbons (Fsp3) is 0.467. The van der Waals surface area contributed by atoms with Gasteiger partial charge < -0.3 is 20.4 Å². The van der Waals surface area contributed by atoms with Gasteiger partial charge in [-0.05, 0) is 25.3 Å². The van der Waals surface area contributed by atoms with Crippen molar-refractivity contribution in [2.45, 2.75) is 31.3 Å². The van der Waals surface area contributed by atoms with E-state index in [1.807, 2.05) is 0 Å². The van der Waals surface area contributed by atoms with Gasteiger partial charge in [0.1, 0.15) is 0 Å². The molecule has 1 aliphatic carbocycles. The average Bonchev–Trinajstić information content (AvgIpc) is 3.29. The van der Waals surface area contributed by atoms with Gasteiger partial charge in [0.2, 0.25) is 0 Å². The summed E-state index contributed by atoms with van der Waals surface area (Å²) >= 11 is 0. The van der Waals surface area contributed by atoms with Crippen LogP contribution in [0.15, 0.2) is 30.3 Å². The first-order chi connectivity index (χ1) is 9.99. The second-order valence-electron chi connectivity index (χ2n) is 5.37. The first-order valence-electron chi connectivity index (χ1n) is 6.97. The van der Waals surface area contributed by atoms with Crippen molar-refractivity contribution >= 4 is 12.0 Å². The number of nitrogens with one attached hydrogen (secondary N) is 1. The van der Waals surface area contributed by atoms with Gasteiger partial charge in [-0.15, -0.1) is 0 Å². The van der Waals surface area contributed by atoms with Crippen molar-refractivity contribution < 1.29 is 19.8 Å². The molecule has 1 atom stereocenters. The number of urea groups is 1. The minimum Gasteiger partial charge on any atom is -0.479 e. The number of carbonyl (C=O) groups is 2. The van der Waals surface area contributed by atoms with Crippen LogP contribution in [-0.4, -0.2) is 46.3 Å². The van der Waals surface area contributed by atoms with Crippen LogP contribution < -0.4 is 5.32 Å². The molecule has 1 aromatic carbocycles. The van der Waals surface area contributed by atoms with Crippen LogP contribution in [-0.2, 0) is 10.3 Å². The maximum atomic E-state index is 12.3. The molecule has 0 aromatic heterocycles. The van der Waals surface area contributed by atoms with Crippen LogP contribution in [0.2, 0.25) is 0 Å². The molecule has 0 aliphatic heterocycles. The van der Waals surface area contributed by atoms with Crippen LogP contribution in [0.25, 0.3) is 0 Å². The van der Waals surface area contributed by atoms with E-state index in [1.54, 1.807) is 30.3 Å².